The third-order valence-electron chi connectivity index (χ3n) is 1.65. The van der Waals surface area contributed by atoms with E-state index >= 15 is 0 Å². The number of alkyl carbamates (subject to hydrolysis) is 1. The number of rotatable bonds is 6. The molecular weight excluding hydrogens is 258 g/mol. The van der Waals surface area contributed by atoms with Gasteiger partial charge in [-0.15, -0.1) is 0 Å². The molecular formula is C11H19NO5S. The molecule has 0 radical (unpaired) electrons. The second kappa shape index (κ2) is 7.97. The fraction of sp³-hybridized carbons (Fsp3) is 0.727. The van der Waals surface area contributed by atoms with Crippen molar-refractivity contribution in [3.8, 4) is 0 Å². The van der Waals surface area contributed by atoms with E-state index in [0.717, 1.165) is 6.29 Å². The number of ether oxygens (including phenoxy) is 2. The van der Waals surface area contributed by atoms with Gasteiger partial charge in [0, 0.05) is 11.5 Å². The largest absolute Gasteiger partial charge is 0.467 e. The van der Waals surface area contributed by atoms with Gasteiger partial charge in [0.15, 0.2) is 0 Å². The average molecular weight is 277 g/mol. The van der Waals surface area contributed by atoms with Crippen molar-refractivity contribution in [1.82, 2.24) is 5.32 Å². The Morgan fingerprint density at radius 3 is 2.44 bits per heavy atom. The summed E-state index contributed by atoms with van der Waals surface area (Å²) >= 11 is 1.23. The predicted octanol–water partition coefficient (Wildman–Crippen LogP) is 0.985. The van der Waals surface area contributed by atoms with E-state index < -0.39 is 23.7 Å². The number of thioether (sulfide) groups is 1. The Bertz CT molecular complexity index is 300. The van der Waals surface area contributed by atoms with Crippen LogP contribution in [0.3, 0.4) is 0 Å². The van der Waals surface area contributed by atoms with Crippen LogP contribution in [0.1, 0.15) is 20.8 Å². The summed E-state index contributed by atoms with van der Waals surface area (Å²) in [5, 5.41) is 2.41. The standard InChI is InChI=1S/C11H19NO5S/c1-11(2,3)17-10(15)12-8(9(14)16-4)7-18-6-5-13/h5,8H,6-7H2,1-4H3,(H,12,15). The summed E-state index contributed by atoms with van der Waals surface area (Å²) in [4.78, 5) is 33.1. The third-order valence-corrected chi connectivity index (χ3v) is 2.59. The number of aldehydes is 1. The molecule has 0 aromatic carbocycles. The van der Waals surface area contributed by atoms with E-state index in [0.29, 0.717) is 0 Å². The Hall–Kier alpha value is -1.24. The lowest BCUT2D eigenvalue weighted by Gasteiger charge is -2.22. The SMILES string of the molecule is COC(=O)C(CSCC=O)NC(=O)OC(C)(C)C. The molecule has 0 aliphatic heterocycles. The summed E-state index contributed by atoms with van der Waals surface area (Å²) in [5.74, 6) is -0.0620. The maximum Gasteiger partial charge on any atom is 0.408 e. The molecule has 0 aromatic heterocycles. The molecule has 1 atom stereocenters. The van der Waals surface area contributed by atoms with Crippen LogP contribution in [0.4, 0.5) is 4.79 Å². The van der Waals surface area contributed by atoms with Gasteiger partial charge < -0.3 is 19.6 Å². The van der Waals surface area contributed by atoms with Crippen LogP contribution < -0.4 is 5.32 Å². The van der Waals surface area contributed by atoms with E-state index in [1.54, 1.807) is 20.8 Å². The molecule has 0 aromatic rings. The molecule has 18 heavy (non-hydrogen) atoms. The summed E-state index contributed by atoms with van der Waals surface area (Å²) in [5.41, 5.74) is -0.638. The number of carbonyl (C=O) groups excluding carboxylic acids is 3. The molecule has 0 bridgehead atoms. The summed E-state index contributed by atoms with van der Waals surface area (Å²) in [6.45, 7) is 5.17. The molecule has 0 saturated heterocycles. The van der Waals surface area contributed by atoms with Crippen molar-refractivity contribution in [1.29, 1.82) is 0 Å². The van der Waals surface area contributed by atoms with Gasteiger partial charge in [0.25, 0.3) is 0 Å². The lowest BCUT2D eigenvalue weighted by Crippen LogP contribution is -2.45. The van der Waals surface area contributed by atoms with Crippen LogP contribution in [0.2, 0.25) is 0 Å². The van der Waals surface area contributed by atoms with Crippen LogP contribution in [0.5, 0.6) is 0 Å². The Labute approximate surface area is 111 Å². The highest BCUT2D eigenvalue weighted by molar-refractivity contribution is 7.99. The van der Waals surface area contributed by atoms with Gasteiger partial charge in [0.1, 0.15) is 17.9 Å². The number of nitrogens with one attached hydrogen (secondary N) is 1. The second-order valence-corrected chi connectivity index (χ2v) is 5.50. The zero-order valence-corrected chi connectivity index (χ0v) is 11.8. The van der Waals surface area contributed by atoms with Gasteiger partial charge in [-0.1, -0.05) is 0 Å². The van der Waals surface area contributed by atoms with E-state index in [1.165, 1.54) is 18.9 Å². The van der Waals surface area contributed by atoms with Crippen molar-refractivity contribution in [3.63, 3.8) is 0 Å². The second-order valence-electron chi connectivity index (χ2n) is 4.43. The van der Waals surface area contributed by atoms with Crippen LogP contribution in [-0.2, 0) is 19.1 Å². The summed E-state index contributed by atoms with van der Waals surface area (Å²) in [6.07, 6.45) is 0.0385. The number of hydrogen-bond donors (Lipinski definition) is 1. The van der Waals surface area contributed by atoms with Crippen molar-refractivity contribution < 1.29 is 23.9 Å². The normalized spacial score (nSPS) is 12.4. The number of hydrogen-bond acceptors (Lipinski definition) is 6. The Morgan fingerprint density at radius 2 is 2.00 bits per heavy atom. The van der Waals surface area contributed by atoms with Gasteiger partial charge in [-0.05, 0) is 20.8 Å². The zero-order valence-electron chi connectivity index (χ0n) is 11.0. The quantitative estimate of drug-likeness (QED) is 0.443. The molecule has 0 fully saturated rings. The first-order chi connectivity index (χ1) is 8.30. The maximum absolute atomic E-state index is 11.5. The molecule has 0 saturated carbocycles. The highest BCUT2D eigenvalue weighted by Crippen LogP contribution is 2.08. The fourth-order valence-electron chi connectivity index (χ4n) is 0.995. The molecule has 104 valence electrons. The predicted molar refractivity (Wildman–Crippen MR) is 68.6 cm³/mol. The highest BCUT2D eigenvalue weighted by atomic mass is 32.2. The molecule has 6 nitrogen and oxygen atoms in total. The van der Waals surface area contributed by atoms with Gasteiger partial charge >= 0.3 is 12.1 Å². The Kier molecular flexibility index (Phi) is 7.42. The molecule has 1 N–H and O–H groups in total. The minimum atomic E-state index is -0.824. The highest BCUT2D eigenvalue weighted by Gasteiger charge is 2.24. The van der Waals surface area contributed by atoms with Crippen molar-refractivity contribution in [2.24, 2.45) is 0 Å². The average Bonchev–Trinajstić information content (AvgIpc) is 2.24. The lowest BCUT2D eigenvalue weighted by molar-refractivity contribution is -0.142. The lowest BCUT2D eigenvalue weighted by atomic mass is 10.2. The van der Waals surface area contributed by atoms with Gasteiger partial charge in [0.05, 0.1) is 7.11 Å². The zero-order chi connectivity index (χ0) is 14.2. The molecule has 0 aliphatic rings. The molecule has 0 spiro atoms. The number of methoxy groups -OCH3 is 1. The van der Waals surface area contributed by atoms with Gasteiger partial charge in [-0.25, -0.2) is 9.59 Å². The van der Waals surface area contributed by atoms with E-state index in [4.69, 9.17) is 4.74 Å². The molecule has 0 aliphatic carbocycles. The van der Waals surface area contributed by atoms with Crippen molar-refractivity contribution in [2.45, 2.75) is 32.4 Å². The first-order valence-corrected chi connectivity index (χ1v) is 6.54. The fourth-order valence-corrected chi connectivity index (χ4v) is 1.68. The van der Waals surface area contributed by atoms with E-state index in [9.17, 15) is 14.4 Å². The van der Waals surface area contributed by atoms with Crippen LogP contribution in [0, 0.1) is 0 Å². The Balaban J connectivity index is 4.35. The molecule has 1 unspecified atom stereocenters. The maximum atomic E-state index is 11.5. The topological polar surface area (TPSA) is 81.7 Å². The Morgan fingerprint density at radius 1 is 1.39 bits per heavy atom. The van der Waals surface area contributed by atoms with Crippen LogP contribution >= 0.6 is 11.8 Å². The summed E-state index contributed by atoms with van der Waals surface area (Å²) < 4.78 is 9.60. The van der Waals surface area contributed by atoms with Crippen molar-refractivity contribution >= 4 is 30.1 Å². The van der Waals surface area contributed by atoms with Crippen molar-refractivity contribution in [3.05, 3.63) is 0 Å². The van der Waals surface area contributed by atoms with E-state index in [1.807, 2.05) is 0 Å². The minimum absolute atomic E-state index is 0.253. The molecule has 0 heterocycles. The minimum Gasteiger partial charge on any atom is -0.467 e. The number of amides is 1. The van der Waals surface area contributed by atoms with Crippen LogP contribution in [0.25, 0.3) is 0 Å². The summed E-state index contributed by atoms with van der Waals surface area (Å²) in [6, 6.07) is -0.824. The molecule has 7 heteroatoms. The van der Waals surface area contributed by atoms with Crippen LogP contribution in [0.15, 0.2) is 0 Å². The number of esters is 1. The van der Waals surface area contributed by atoms with Gasteiger partial charge in [0.2, 0.25) is 0 Å². The smallest absolute Gasteiger partial charge is 0.408 e. The first-order valence-electron chi connectivity index (χ1n) is 5.39. The third kappa shape index (κ3) is 7.94. The van der Waals surface area contributed by atoms with Crippen LogP contribution in [-0.4, -0.2) is 48.6 Å². The first kappa shape index (κ1) is 16.8. The summed E-state index contributed by atoms with van der Waals surface area (Å²) in [7, 11) is 1.23. The van der Waals surface area contributed by atoms with Crippen molar-refractivity contribution in [2.75, 3.05) is 18.6 Å². The number of carbonyl (C=O) groups is 3. The van der Waals surface area contributed by atoms with E-state index in [-0.39, 0.29) is 11.5 Å². The molecule has 0 rings (SSSR count). The van der Waals surface area contributed by atoms with E-state index in [2.05, 4.69) is 10.1 Å². The molecule has 1 amide bonds. The van der Waals surface area contributed by atoms with Gasteiger partial charge in [-0.3, -0.25) is 0 Å². The monoisotopic (exact) mass is 277 g/mol. The van der Waals surface area contributed by atoms with Gasteiger partial charge in [-0.2, -0.15) is 11.8 Å².